The molecule has 0 aromatic carbocycles. The molecule has 0 radical (unpaired) electrons. The number of nitrogens with zero attached hydrogens (tertiary/aromatic N) is 1. The van der Waals surface area contributed by atoms with Gasteiger partial charge in [0.05, 0.1) is 6.54 Å². The molecule has 5 amide bonds. The molecule has 2 saturated heterocycles. The lowest BCUT2D eigenvalue weighted by atomic mass is 9.95. The molecule has 1 aliphatic carbocycles. The lowest BCUT2D eigenvalue weighted by molar-refractivity contribution is -0.142. The quantitative estimate of drug-likeness (QED) is 0.398. The van der Waals surface area contributed by atoms with E-state index in [0.717, 1.165) is 0 Å². The van der Waals surface area contributed by atoms with Crippen LogP contribution in [0.15, 0.2) is 0 Å². The first-order chi connectivity index (χ1) is 14.7. The lowest BCUT2D eigenvalue weighted by Crippen LogP contribution is -2.56. The average Bonchev–Trinajstić information content (AvgIpc) is 3.06. The van der Waals surface area contributed by atoms with Crippen molar-refractivity contribution in [2.45, 2.75) is 59.5 Å². The predicted molar refractivity (Wildman–Crippen MR) is 116 cm³/mol. The summed E-state index contributed by atoms with van der Waals surface area (Å²) in [6.45, 7) is 10.1. The van der Waals surface area contributed by atoms with Gasteiger partial charge in [0.2, 0.25) is 29.5 Å². The Morgan fingerprint density at radius 1 is 1.25 bits per heavy atom. The third kappa shape index (κ3) is 4.59. The number of primary amides is 1. The number of carbonyl (C=O) groups excluding carboxylic acids is 5. The molecule has 5 N–H and O–H groups in total. The minimum absolute atomic E-state index is 0.0342. The molecule has 3 rings (SSSR count). The molecular weight excluding hydrogens is 414 g/mol. The van der Waals surface area contributed by atoms with E-state index in [1.807, 2.05) is 0 Å². The van der Waals surface area contributed by atoms with Gasteiger partial charge >= 0.3 is 0 Å². The monoisotopic (exact) mass is 449 g/mol. The SMILES string of the molecule is CC(C)(C)C(=O)NCC(=O)N1CC2C([C@H]1C(=O)N[C@@H](C[C@@H]1CCNC1=O)C(N)=O)C2(C)C. The van der Waals surface area contributed by atoms with E-state index in [2.05, 4.69) is 29.8 Å². The van der Waals surface area contributed by atoms with E-state index in [9.17, 15) is 24.0 Å². The number of amides is 5. The van der Waals surface area contributed by atoms with E-state index in [1.165, 1.54) is 4.90 Å². The summed E-state index contributed by atoms with van der Waals surface area (Å²) in [5.41, 5.74) is 4.78. The van der Waals surface area contributed by atoms with Gasteiger partial charge in [0.1, 0.15) is 12.1 Å². The van der Waals surface area contributed by atoms with Crippen molar-refractivity contribution in [1.82, 2.24) is 20.9 Å². The molecule has 2 unspecified atom stereocenters. The summed E-state index contributed by atoms with van der Waals surface area (Å²) in [6.07, 6.45) is 0.713. The zero-order valence-electron chi connectivity index (χ0n) is 19.5. The van der Waals surface area contributed by atoms with Crippen molar-refractivity contribution < 1.29 is 24.0 Å². The number of likely N-dealkylation sites (tertiary alicyclic amines) is 1. The Hall–Kier alpha value is -2.65. The largest absolute Gasteiger partial charge is 0.368 e. The predicted octanol–water partition coefficient (Wildman–Crippen LogP) is -0.872. The lowest BCUT2D eigenvalue weighted by Gasteiger charge is -2.31. The van der Waals surface area contributed by atoms with E-state index in [1.54, 1.807) is 20.8 Å². The fraction of sp³-hybridized carbons (Fsp3) is 0.773. The first kappa shape index (κ1) is 24.0. The second kappa shape index (κ2) is 8.37. The van der Waals surface area contributed by atoms with E-state index >= 15 is 0 Å². The van der Waals surface area contributed by atoms with Crippen LogP contribution in [0.4, 0.5) is 0 Å². The molecule has 0 aromatic heterocycles. The van der Waals surface area contributed by atoms with Crippen molar-refractivity contribution in [2.75, 3.05) is 19.6 Å². The molecule has 1 saturated carbocycles. The standard InChI is InChI=1S/C22H35N5O5/c1-21(2,3)20(32)25-9-14(28)27-10-12-15(22(12,4)5)16(27)19(31)26-13(17(23)29)8-11-6-7-24-18(11)30/h11-13,15-16H,6-10H2,1-5H3,(H2,23,29)(H,24,30)(H,25,32)(H,26,31)/t11-,12?,13-,15?,16-/m0/s1. The molecule has 10 heteroatoms. The minimum Gasteiger partial charge on any atom is -0.368 e. The Balaban J connectivity index is 1.69. The highest BCUT2D eigenvalue weighted by Crippen LogP contribution is 2.64. The van der Waals surface area contributed by atoms with Crippen LogP contribution in [-0.2, 0) is 24.0 Å². The topological polar surface area (TPSA) is 151 Å². The summed E-state index contributed by atoms with van der Waals surface area (Å²) in [5, 5.41) is 8.05. The number of nitrogens with two attached hydrogens (primary N) is 1. The van der Waals surface area contributed by atoms with Crippen molar-refractivity contribution in [3.05, 3.63) is 0 Å². The number of rotatable bonds is 7. The normalized spacial score (nSPS) is 29.0. The highest BCUT2D eigenvalue weighted by atomic mass is 16.2. The number of hydrogen-bond acceptors (Lipinski definition) is 5. The van der Waals surface area contributed by atoms with Gasteiger partial charge in [-0.15, -0.1) is 0 Å². The first-order valence-electron chi connectivity index (χ1n) is 11.2. The minimum atomic E-state index is -0.991. The van der Waals surface area contributed by atoms with Crippen LogP contribution < -0.4 is 21.7 Å². The molecule has 5 atom stereocenters. The summed E-state index contributed by atoms with van der Waals surface area (Å²) < 4.78 is 0. The van der Waals surface area contributed by atoms with Crippen LogP contribution in [0.3, 0.4) is 0 Å². The molecule has 2 aliphatic heterocycles. The Labute approximate surface area is 188 Å². The van der Waals surface area contributed by atoms with Crippen LogP contribution in [0.1, 0.15) is 47.5 Å². The zero-order valence-corrected chi connectivity index (χ0v) is 19.5. The van der Waals surface area contributed by atoms with Gasteiger partial charge in [-0.25, -0.2) is 0 Å². The van der Waals surface area contributed by atoms with Crippen LogP contribution in [0.2, 0.25) is 0 Å². The van der Waals surface area contributed by atoms with Crippen molar-refractivity contribution in [1.29, 1.82) is 0 Å². The second-order valence-electron chi connectivity index (χ2n) is 10.9. The highest BCUT2D eigenvalue weighted by molar-refractivity contribution is 5.94. The van der Waals surface area contributed by atoms with Crippen molar-refractivity contribution in [3.63, 3.8) is 0 Å². The molecule has 2 heterocycles. The maximum absolute atomic E-state index is 13.3. The van der Waals surface area contributed by atoms with Gasteiger partial charge in [-0.3, -0.25) is 24.0 Å². The van der Waals surface area contributed by atoms with Gasteiger partial charge in [-0.05, 0) is 30.1 Å². The van der Waals surface area contributed by atoms with Gasteiger partial charge in [0.25, 0.3) is 0 Å². The molecule has 32 heavy (non-hydrogen) atoms. The van der Waals surface area contributed by atoms with Gasteiger partial charge < -0.3 is 26.6 Å². The molecule has 0 bridgehead atoms. The third-order valence-corrected chi connectivity index (χ3v) is 7.22. The summed E-state index contributed by atoms with van der Waals surface area (Å²) in [5.74, 6) is -2.13. The highest BCUT2D eigenvalue weighted by Gasteiger charge is 2.69. The number of fused-ring (bicyclic) bond motifs is 1. The Morgan fingerprint density at radius 3 is 2.44 bits per heavy atom. The van der Waals surface area contributed by atoms with Crippen LogP contribution in [0, 0.1) is 28.6 Å². The van der Waals surface area contributed by atoms with Crippen molar-refractivity contribution in [2.24, 2.45) is 34.3 Å². The van der Waals surface area contributed by atoms with Gasteiger partial charge in [-0.1, -0.05) is 34.6 Å². The van der Waals surface area contributed by atoms with E-state index in [0.29, 0.717) is 19.5 Å². The van der Waals surface area contributed by atoms with Crippen LogP contribution >= 0.6 is 0 Å². The summed E-state index contributed by atoms with van der Waals surface area (Å²) >= 11 is 0. The molecule has 3 aliphatic rings. The average molecular weight is 450 g/mol. The fourth-order valence-electron chi connectivity index (χ4n) is 5.02. The molecule has 0 aromatic rings. The van der Waals surface area contributed by atoms with E-state index in [4.69, 9.17) is 5.73 Å². The van der Waals surface area contributed by atoms with Crippen LogP contribution in [0.25, 0.3) is 0 Å². The second-order valence-corrected chi connectivity index (χ2v) is 10.9. The third-order valence-electron chi connectivity index (χ3n) is 7.22. The van der Waals surface area contributed by atoms with E-state index in [-0.39, 0.29) is 53.9 Å². The molecule has 10 nitrogen and oxygen atoms in total. The Bertz CT molecular complexity index is 833. The number of nitrogens with one attached hydrogen (secondary N) is 3. The number of hydrogen-bond donors (Lipinski definition) is 4. The maximum atomic E-state index is 13.3. The Kier molecular flexibility index (Phi) is 6.27. The molecule has 0 spiro atoms. The van der Waals surface area contributed by atoms with Crippen LogP contribution in [0.5, 0.6) is 0 Å². The molecular formula is C22H35N5O5. The number of piperidine rings is 1. The molecule has 178 valence electrons. The van der Waals surface area contributed by atoms with E-state index < -0.39 is 29.3 Å². The summed E-state index contributed by atoms with van der Waals surface area (Å²) in [6, 6.07) is -1.73. The smallest absolute Gasteiger partial charge is 0.243 e. The maximum Gasteiger partial charge on any atom is 0.243 e. The van der Waals surface area contributed by atoms with Gasteiger partial charge in [0, 0.05) is 24.4 Å². The number of carbonyl (C=O) groups is 5. The van der Waals surface area contributed by atoms with Crippen LogP contribution in [-0.4, -0.2) is 66.2 Å². The van der Waals surface area contributed by atoms with Crippen molar-refractivity contribution in [3.8, 4) is 0 Å². The summed E-state index contributed by atoms with van der Waals surface area (Å²) in [7, 11) is 0. The first-order valence-corrected chi connectivity index (χ1v) is 11.2. The zero-order chi connectivity index (χ0) is 24.0. The van der Waals surface area contributed by atoms with Crippen molar-refractivity contribution >= 4 is 29.5 Å². The van der Waals surface area contributed by atoms with Gasteiger partial charge in [0.15, 0.2) is 0 Å². The summed E-state index contributed by atoms with van der Waals surface area (Å²) in [4.78, 5) is 63.7. The fourth-order valence-corrected chi connectivity index (χ4v) is 5.02. The molecule has 3 fully saturated rings. The Morgan fingerprint density at radius 2 is 1.91 bits per heavy atom. The van der Waals surface area contributed by atoms with Gasteiger partial charge in [-0.2, -0.15) is 0 Å².